The number of pyridine rings is 1. The van der Waals surface area contributed by atoms with Crippen molar-refractivity contribution in [2.75, 3.05) is 18.0 Å². The number of piperidine rings is 1. The maximum absolute atomic E-state index is 11.1. The summed E-state index contributed by atoms with van der Waals surface area (Å²) in [7, 11) is 0. The lowest BCUT2D eigenvalue weighted by Gasteiger charge is -2.36. The summed E-state index contributed by atoms with van der Waals surface area (Å²) in [6.07, 6.45) is 4.36. The third-order valence-electron chi connectivity index (χ3n) is 3.34. The number of aliphatic carboxylic acids is 1. The summed E-state index contributed by atoms with van der Waals surface area (Å²) in [4.78, 5) is 17.4. The van der Waals surface area contributed by atoms with E-state index in [-0.39, 0.29) is 5.92 Å². The molecule has 92 valence electrons. The second-order valence-corrected chi connectivity index (χ2v) is 4.94. The van der Waals surface area contributed by atoms with Crippen LogP contribution in [0.4, 0.5) is 5.69 Å². The Morgan fingerprint density at radius 3 is 2.94 bits per heavy atom. The van der Waals surface area contributed by atoms with Crippen LogP contribution in [-0.4, -0.2) is 29.1 Å². The van der Waals surface area contributed by atoms with E-state index in [1.165, 1.54) is 0 Å². The van der Waals surface area contributed by atoms with Gasteiger partial charge in [0.2, 0.25) is 0 Å². The molecule has 1 aliphatic heterocycles. The van der Waals surface area contributed by atoms with E-state index in [4.69, 9.17) is 5.11 Å². The van der Waals surface area contributed by atoms with E-state index in [1.807, 2.05) is 19.2 Å². The highest BCUT2D eigenvalue weighted by atomic mass is 16.4. The summed E-state index contributed by atoms with van der Waals surface area (Å²) < 4.78 is 0. The Kier molecular flexibility index (Phi) is 3.31. The van der Waals surface area contributed by atoms with Gasteiger partial charge in [-0.2, -0.15) is 0 Å². The molecule has 0 amide bonds. The maximum atomic E-state index is 11.1. The SMILES string of the molecule is Cc1cnccc1N1CC(C)CC(C(=O)O)C1. The highest BCUT2D eigenvalue weighted by Gasteiger charge is 2.29. The molecule has 0 aliphatic carbocycles. The van der Waals surface area contributed by atoms with Gasteiger partial charge in [-0.15, -0.1) is 0 Å². The number of aryl methyl sites for hydroxylation is 1. The topological polar surface area (TPSA) is 53.4 Å². The number of hydrogen-bond acceptors (Lipinski definition) is 3. The summed E-state index contributed by atoms with van der Waals surface area (Å²) in [6, 6.07) is 1.96. The number of nitrogens with zero attached hydrogens (tertiary/aromatic N) is 2. The Bertz CT molecular complexity index is 420. The van der Waals surface area contributed by atoms with Gasteiger partial charge in [0, 0.05) is 31.2 Å². The van der Waals surface area contributed by atoms with Gasteiger partial charge in [0.25, 0.3) is 0 Å². The number of carboxylic acid groups (broad SMARTS) is 1. The third kappa shape index (κ3) is 2.57. The van der Waals surface area contributed by atoms with E-state index in [0.717, 1.165) is 24.2 Å². The molecule has 1 saturated heterocycles. The average Bonchev–Trinajstić information content (AvgIpc) is 2.28. The largest absolute Gasteiger partial charge is 0.481 e. The van der Waals surface area contributed by atoms with Crippen LogP contribution in [0.5, 0.6) is 0 Å². The van der Waals surface area contributed by atoms with E-state index < -0.39 is 5.97 Å². The van der Waals surface area contributed by atoms with E-state index in [0.29, 0.717) is 12.5 Å². The number of rotatable bonds is 2. The molecule has 1 aromatic rings. The van der Waals surface area contributed by atoms with Gasteiger partial charge >= 0.3 is 5.97 Å². The Hall–Kier alpha value is -1.58. The average molecular weight is 234 g/mol. The molecule has 1 fully saturated rings. The van der Waals surface area contributed by atoms with Crippen molar-refractivity contribution in [2.45, 2.75) is 20.3 Å². The Morgan fingerprint density at radius 1 is 1.53 bits per heavy atom. The fourth-order valence-electron chi connectivity index (χ4n) is 2.55. The molecule has 1 aromatic heterocycles. The van der Waals surface area contributed by atoms with Crippen LogP contribution in [0.2, 0.25) is 0 Å². The first-order valence-corrected chi connectivity index (χ1v) is 5.96. The molecule has 2 unspecified atom stereocenters. The molecule has 1 aliphatic rings. The zero-order valence-electron chi connectivity index (χ0n) is 10.3. The van der Waals surface area contributed by atoms with Crippen molar-refractivity contribution in [1.82, 2.24) is 4.98 Å². The first-order chi connectivity index (χ1) is 8.08. The van der Waals surface area contributed by atoms with Crippen molar-refractivity contribution >= 4 is 11.7 Å². The number of hydrogen-bond donors (Lipinski definition) is 1. The van der Waals surface area contributed by atoms with E-state index in [9.17, 15) is 4.79 Å². The lowest BCUT2D eigenvalue weighted by Crippen LogP contribution is -2.42. The lowest BCUT2D eigenvalue weighted by atomic mass is 9.90. The summed E-state index contributed by atoms with van der Waals surface area (Å²) in [5.41, 5.74) is 2.21. The van der Waals surface area contributed by atoms with Gasteiger partial charge in [-0.05, 0) is 30.9 Å². The molecule has 2 rings (SSSR count). The Balaban J connectivity index is 2.21. The molecular formula is C13H18N2O2. The quantitative estimate of drug-likeness (QED) is 0.849. The van der Waals surface area contributed by atoms with Gasteiger partial charge in [0.05, 0.1) is 5.92 Å². The summed E-state index contributed by atoms with van der Waals surface area (Å²) in [5.74, 6) is -0.531. The van der Waals surface area contributed by atoms with Gasteiger partial charge in [0.1, 0.15) is 0 Å². The van der Waals surface area contributed by atoms with Gasteiger partial charge < -0.3 is 10.0 Å². The van der Waals surface area contributed by atoms with Crippen LogP contribution in [0.15, 0.2) is 18.5 Å². The number of aromatic nitrogens is 1. The normalized spacial score (nSPS) is 24.7. The van der Waals surface area contributed by atoms with Crippen LogP contribution < -0.4 is 4.90 Å². The van der Waals surface area contributed by atoms with Crippen LogP contribution >= 0.6 is 0 Å². The summed E-state index contributed by atoms with van der Waals surface area (Å²) >= 11 is 0. The van der Waals surface area contributed by atoms with Crippen LogP contribution in [0.1, 0.15) is 18.9 Å². The van der Waals surface area contributed by atoms with Gasteiger partial charge in [-0.25, -0.2) is 0 Å². The van der Waals surface area contributed by atoms with Gasteiger partial charge in [0.15, 0.2) is 0 Å². The Labute approximate surface area is 101 Å². The van der Waals surface area contributed by atoms with Crippen LogP contribution in [0.3, 0.4) is 0 Å². The zero-order valence-corrected chi connectivity index (χ0v) is 10.3. The molecule has 0 aromatic carbocycles. The number of carbonyl (C=O) groups is 1. The molecule has 4 heteroatoms. The van der Waals surface area contributed by atoms with Crippen molar-refractivity contribution in [1.29, 1.82) is 0 Å². The molecule has 0 saturated carbocycles. The van der Waals surface area contributed by atoms with Crippen LogP contribution in [0, 0.1) is 18.8 Å². The van der Waals surface area contributed by atoms with Crippen molar-refractivity contribution in [2.24, 2.45) is 11.8 Å². The summed E-state index contributed by atoms with van der Waals surface area (Å²) in [5, 5.41) is 9.15. The van der Waals surface area contributed by atoms with E-state index in [2.05, 4.69) is 16.8 Å². The maximum Gasteiger partial charge on any atom is 0.308 e. The fraction of sp³-hybridized carbons (Fsp3) is 0.538. The first-order valence-electron chi connectivity index (χ1n) is 5.96. The van der Waals surface area contributed by atoms with Crippen LogP contribution in [0.25, 0.3) is 0 Å². The first kappa shape index (κ1) is 11.9. The minimum absolute atomic E-state index is 0.258. The second kappa shape index (κ2) is 4.73. The molecule has 2 atom stereocenters. The van der Waals surface area contributed by atoms with Crippen molar-refractivity contribution < 1.29 is 9.90 Å². The summed E-state index contributed by atoms with van der Waals surface area (Å²) in [6.45, 7) is 5.65. The fourth-order valence-corrected chi connectivity index (χ4v) is 2.55. The van der Waals surface area contributed by atoms with Crippen molar-refractivity contribution in [3.8, 4) is 0 Å². The molecule has 0 spiro atoms. The highest BCUT2D eigenvalue weighted by Crippen LogP contribution is 2.28. The minimum atomic E-state index is -0.687. The molecule has 4 nitrogen and oxygen atoms in total. The monoisotopic (exact) mass is 234 g/mol. The second-order valence-electron chi connectivity index (χ2n) is 4.94. The lowest BCUT2D eigenvalue weighted by molar-refractivity contribution is -0.142. The molecule has 0 bridgehead atoms. The zero-order chi connectivity index (χ0) is 12.4. The van der Waals surface area contributed by atoms with E-state index >= 15 is 0 Å². The predicted octanol–water partition coefficient (Wildman–Crippen LogP) is 1.94. The highest BCUT2D eigenvalue weighted by molar-refractivity contribution is 5.71. The van der Waals surface area contributed by atoms with Crippen LogP contribution in [-0.2, 0) is 4.79 Å². The van der Waals surface area contributed by atoms with Gasteiger partial charge in [-0.1, -0.05) is 6.92 Å². The third-order valence-corrected chi connectivity index (χ3v) is 3.34. The van der Waals surface area contributed by atoms with Crippen molar-refractivity contribution in [3.05, 3.63) is 24.0 Å². The standard InChI is InChI=1S/C13H18N2O2/c1-9-5-11(13(16)17)8-15(7-9)12-3-4-14-6-10(12)2/h3-4,6,9,11H,5,7-8H2,1-2H3,(H,16,17). The molecule has 17 heavy (non-hydrogen) atoms. The van der Waals surface area contributed by atoms with Crippen molar-refractivity contribution in [3.63, 3.8) is 0 Å². The molecule has 2 heterocycles. The molecule has 0 radical (unpaired) electrons. The van der Waals surface area contributed by atoms with Gasteiger partial charge in [-0.3, -0.25) is 9.78 Å². The van der Waals surface area contributed by atoms with E-state index in [1.54, 1.807) is 6.20 Å². The molecular weight excluding hydrogens is 216 g/mol. The predicted molar refractivity (Wildman–Crippen MR) is 66.1 cm³/mol. The smallest absolute Gasteiger partial charge is 0.308 e. The minimum Gasteiger partial charge on any atom is -0.481 e. The number of anilines is 1. The molecule has 1 N–H and O–H groups in total. The Morgan fingerprint density at radius 2 is 2.29 bits per heavy atom. The number of carboxylic acids is 1.